The second-order valence-electron chi connectivity index (χ2n) is 4.67. The van der Waals surface area contributed by atoms with Crippen molar-refractivity contribution in [2.45, 2.75) is 0 Å². The Labute approximate surface area is 109 Å². The average molecular weight is 250 g/mol. The fraction of sp³-hybridized carbons (Fsp3) is 0.429. The molecule has 0 spiro atoms. The SMILES string of the molecule is COc1cccc(C=C(CN(C)C)N(C)C)c1O. The van der Waals surface area contributed by atoms with E-state index >= 15 is 0 Å². The molecule has 0 aliphatic rings. The van der Waals surface area contributed by atoms with Crippen LogP contribution in [0.15, 0.2) is 23.9 Å². The molecule has 4 nitrogen and oxygen atoms in total. The summed E-state index contributed by atoms with van der Waals surface area (Å²) in [7, 11) is 9.57. The van der Waals surface area contributed by atoms with Gasteiger partial charge in [0.2, 0.25) is 0 Å². The van der Waals surface area contributed by atoms with E-state index in [1.54, 1.807) is 13.2 Å². The highest BCUT2D eigenvalue weighted by molar-refractivity contribution is 5.63. The predicted molar refractivity (Wildman–Crippen MR) is 74.9 cm³/mol. The first-order valence-corrected chi connectivity index (χ1v) is 5.84. The van der Waals surface area contributed by atoms with Gasteiger partial charge in [-0.3, -0.25) is 0 Å². The van der Waals surface area contributed by atoms with E-state index in [4.69, 9.17) is 4.74 Å². The normalized spacial score (nSPS) is 11.8. The van der Waals surface area contributed by atoms with E-state index in [-0.39, 0.29) is 5.75 Å². The number of aromatic hydroxyl groups is 1. The van der Waals surface area contributed by atoms with Crippen LogP contribution in [-0.4, -0.2) is 56.8 Å². The van der Waals surface area contributed by atoms with Gasteiger partial charge in [0.05, 0.1) is 7.11 Å². The number of para-hydroxylation sites is 1. The summed E-state index contributed by atoms with van der Waals surface area (Å²) < 4.78 is 5.11. The van der Waals surface area contributed by atoms with Gasteiger partial charge >= 0.3 is 0 Å². The lowest BCUT2D eigenvalue weighted by Crippen LogP contribution is -2.23. The molecule has 0 amide bonds. The number of hydrogen-bond donors (Lipinski definition) is 1. The fourth-order valence-electron chi connectivity index (χ4n) is 1.64. The molecule has 0 fully saturated rings. The molecule has 100 valence electrons. The Bertz CT molecular complexity index is 426. The maximum absolute atomic E-state index is 10.1. The van der Waals surface area contributed by atoms with Crippen molar-refractivity contribution in [3.8, 4) is 11.5 Å². The molecule has 0 bridgehead atoms. The molecular weight excluding hydrogens is 228 g/mol. The highest BCUT2D eigenvalue weighted by Gasteiger charge is 2.08. The van der Waals surface area contributed by atoms with Crippen molar-refractivity contribution in [3.63, 3.8) is 0 Å². The first-order chi connectivity index (χ1) is 8.45. The molecule has 0 saturated heterocycles. The van der Waals surface area contributed by atoms with Crippen LogP contribution in [0.25, 0.3) is 6.08 Å². The highest BCUT2D eigenvalue weighted by Crippen LogP contribution is 2.31. The van der Waals surface area contributed by atoms with E-state index in [2.05, 4.69) is 4.90 Å². The van der Waals surface area contributed by atoms with Gasteiger partial charge < -0.3 is 19.6 Å². The Balaban J connectivity index is 3.11. The summed E-state index contributed by atoms with van der Waals surface area (Å²) >= 11 is 0. The molecule has 0 unspecified atom stereocenters. The number of benzene rings is 1. The summed E-state index contributed by atoms with van der Waals surface area (Å²) in [6.07, 6.45) is 1.97. The molecule has 4 heteroatoms. The maximum atomic E-state index is 10.1. The van der Waals surface area contributed by atoms with Crippen LogP contribution in [0.5, 0.6) is 11.5 Å². The van der Waals surface area contributed by atoms with Gasteiger partial charge in [0.1, 0.15) is 0 Å². The van der Waals surface area contributed by atoms with Gasteiger partial charge in [-0.1, -0.05) is 12.1 Å². The van der Waals surface area contributed by atoms with Gasteiger partial charge in [-0.2, -0.15) is 0 Å². The topological polar surface area (TPSA) is 35.9 Å². The van der Waals surface area contributed by atoms with Crippen LogP contribution in [0, 0.1) is 0 Å². The largest absolute Gasteiger partial charge is 0.504 e. The Morgan fingerprint density at radius 1 is 1.28 bits per heavy atom. The summed E-state index contributed by atoms with van der Waals surface area (Å²) in [5.41, 5.74) is 1.88. The van der Waals surface area contributed by atoms with Crippen molar-refractivity contribution >= 4 is 6.08 Å². The van der Waals surface area contributed by atoms with Crippen LogP contribution >= 0.6 is 0 Å². The summed E-state index contributed by atoms with van der Waals surface area (Å²) in [5.74, 6) is 0.671. The van der Waals surface area contributed by atoms with Crippen molar-refractivity contribution in [2.75, 3.05) is 41.8 Å². The monoisotopic (exact) mass is 250 g/mol. The highest BCUT2D eigenvalue weighted by atomic mass is 16.5. The van der Waals surface area contributed by atoms with Crippen molar-refractivity contribution in [1.82, 2.24) is 9.80 Å². The smallest absolute Gasteiger partial charge is 0.165 e. The minimum Gasteiger partial charge on any atom is -0.504 e. The molecule has 0 radical (unpaired) electrons. The molecule has 0 aliphatic heterocycles. The van der Waals surface area contributed by atoms with Crippen LogP contribution in [0.3, 0.4) is 0 Å². The third-order valence-electron chi connectivity index (χ3n) is 2.62. The Morgan fingerprint density at radius 3 is 2.44 bits per heavy atom. The quantitative estimate of drug-likeness (QED) is 0.865. The number of rotatable bonds is 5. The number of hydrogen-bond acceptors (Lipinski definition) is 4. The van der Waals surface area contributed by atoms with E-state index in [0.717, 1.165) is 17.8 Å². The van der Waals surface area contributed by atoms with Crippen LogP contribution in [0.1, 0.15) is 5.56 Å². The first kappa shape index (κ1) is 14.4. The zero-order chi connectivity index (χ0) is 13.7. The lowest BCUT2D eigenvalue weighted by Gasteiger charge is -2.21. The molecule has 0 aromatic heterocycles. The Kier molecular flexibility index (Phi) is 5.04. The minimum atomic E-state index is 0.179. The molecule has 0 aliphatic carbocycles. The number of phenols is 1. The number of methoxy groups -OCH3 is 1. The number of phenolic OH excluding ortho intramolecular Hbond substituents is 1. The standard InChI is InChI=1S/C14H22N2O2/c1-15(2)10-12(16(3)4)9-11-7-6-8-13(18-5)14(11)17/h6-9,17H,10H2,1-5H3. The van der Waals surface area contributed by atoms with Gasteiger partial charge in [-0.05, 0) is 26.2 Å². The fourth-order valence-corrected chi connectivity index (χ4v) is 1.64. The number of ether oxygens (including phenoxy) is 1. The van der Waals surface area contributed by atoms with Gasteiger partial charge in [0.25, 0.3) is 0 Å². The van der Waals surface area contributed by atoms with Gasteiger partial charge in [-0.25, -0.2) is 0 Å². The van der Waals surface area contributed by atoms with Crippen molar-refractivity contribution in [3.05, 3.63) is 29.5 Å². The Hall–Kier alpha value is -1.68. The Morgan fingerprint density at radius 2 is 1.94 bits per heavy atom. The number of nitrogens with zero attached hydrogens (tertiary/aromatic N) is 2. The molecule has 0 atom stereocenters. The van der Waals surface area contributed by atoms with E-state index in [9.17, 15) is 5.11 Å². The van der Waals surface area contributed by atoms with Crippen LogP contribution in [0.4, 0.5) is 0 Å². The van der Waals surface area contributed by atoms with E-state index < -0.39 is 0 Å². The van der Waals surface area contributed by atoms with E-state index in [0.29, 0.717) is 5.75 Å². The average Bonchev–Trinajstić information content (AvgIpc) is 2.30. The zero-order valence-corrected chi connectivity index (χ0v) is 11.8. The summed E-state index contributed by atoms with van der Waals surface area (Å²) in [4.78, 5) is 4.13. The summed E-state index contributed by atoms with van der Waals surface area (Å²) in [6.45, 7) is 0.809. The van der Waals surface area contributed by atoms with E-state index in [1.807, 2.05) is 51.3 Å². The molecule has 18 heavy (non-hydrogen) atoms. The molecule has 1 N–H and O–H groups in total. The minimum absolute atomic E-state index is 0.179. The third-order valence-corrected chi connectivity index (χ3v) is 2.62. The molecular formula is C14H22N2O2. The van der Waals surface area contributed by atoms with Crippen LogP contribution in [0.2, 0.25) is 0 Å². The number of likely N-dealkylation sites (N-methyl/N-ethyl adjacent to an activating group) is 2. The second-order valence-corrected chi connectivity index (χ2v) is 4.67. The third kappa shape index (κ3) is 3.67. The first-order valence-electron chi connectivity index (χ1n) is 5.84. The van der Waals surface area contributed by atoms with Crippen LogP contribution < -0.4 is 4.74 Å². The summed E-state index contributed by atoms with van der Waals surface area (Å²) in [6, 6.07) is 5.48. The second kappa shape index (κ2) is 6.31. The zero-order valence-electron chi connectivity index (χ0n) is 11.8. The van der Waals surface area contributed by atoms with Gasteiger partial charge in [-0.15, -0.1) is 0 Å². The molecule has 0 heterocycles. The van der Waals surface area contributed by atoms with E-state index in [1.165, 1.54) is 0 Å². The lowest BCUT2D eigenvalue weighted by molar-refractivity contribution is 0.372. The molecule has 1 aromatic carbocycles. The van der Waals surface area contributed by atoms with Crippen molar-refractivity contribution in [1.29, 1.82) is 0 Å². The van der Waals surface area contributed by atoms with Crippen molar-refractivity contribution < 1.29 is 9.84 Å². The van der Waals surface area contributed by atoms with Gasteiger partial charge in [0, 0.05) is 31.9 Å². The molecule has 1 rings (SSSR count). The van der Waals surface area contributed by atoms with Crippen LogP contribution in [-0.2, 0) is 0 Å². The predicted octanol–water partition coefficient (Wildman–Crippen LogP) is 1.86. The lowest BCUT2D eigenvalue weighted by atomic mass is 10.1. The maximum Gasteiger partial charge on any atom is 0.165 e. The molecule has 0 saturated carbocycles. The summed E-state index contributed by atoms with van der Waals surface area (Å²) in [5, 5.41) is 10.1. The van der Waals surface area contributed by atoms with Gasteiger partial charge in [0.15, 0.2) is 11.5 Å². The molecule has 1 aromatic rings. The van der Waals surface area contributed by atoms with Crippen molar-refractivity contribution in [2.24, 2.45) is 0 Å².